The van der Waals surface area contributed by atoms with Gasteiger partial charge in [-0.25, -0.2) is 0 Å². The Bertz CT molecular complexity index is 637. The number of aliphatic carboxylic acids is 1. The lowest BCUT2D eigenvalue weighted by Gasteiger charge is -2.11. The molecule has 0 unspecified atom stereocenters. The largest absolute Gasteiger partial charge is 0.480 e. The third kappa shape index (κ3) is 3.18. The summed E-state index contributed by atoms with van der Waals surface area (Å²) in [6.07, 6.45) is 0. The van der Waals surface area contributed by atoms with Gasteiger partial charge in [-0.15, -0.1) is 0 Å². The molecular formula is C15H15NO3S. The number of Topliss-reactive ketones (excluding diaryl/α,β-unsaturated/α-hetero) is 1. The van der Waals surface area contributed by atoms with Crippen LogP contribution in [0.2, 0.25) is 0 Å². The molecule has 0 aliphatic heterocycles. The minimum Gasteiger partial charge on any atom is -0.480 e. The van der Waals surface area contributed by atoms with Crippen molar-refractivity contribution in [2.45, 2.75) is 6.04 Å². The van der Waals surface area contributed by atoms with Crippen LogP contribution in [0.15, 0.2) is 42.5 Å². The van der Waals surface area contributed by atoms with Crippen LogP contribution < -0.4 is 5.32 Å². The van der Waals surface area contributed by atoms with Crippen LogP contribution in [0.4, 0.5) is 0 Å². The molecule has 0 heterocycles. The summed E-state index contributed by atoms with van der Waals surface area (Å²) in [5.41, 5.74) is 0.596. The summed E-state index contributed by atoms with van der Waals surface area (Å²) in [4.78, 5) is 23.1. The highest BCUT2D eigenvalue weighted by Gasteiger charge is 2.17. The molecule has 1 atom stereocenters. The normalized spacial score (nSPS) is 12.2. The van der Waals surface area contributed by atoms with Gasteiger partial charge in [-0.3, -0.25) is 14.9 Å². The average Bonchev–Trinajstić information content (AvgIpc) is 2.46. The molecule has 2 rings (SSSR count). The predicted molar refractivity (Wildman–Crippen MR) is 81.6 cm³/mol. The van der Waals surface area contributed by atoms with E-state index in [-0.39, 0.29) is 18.1 Å². The van der Waals surface area contributed by atoms with Crippen LogP contribution in [-0.4, -0.2) is 35.2 Å². The summed E-state index contributed by atoms with van der Waals surface area (Å²) in [5, 5.41) is 13.5. The molecule has 0 aliphatic carbocycles. The molecule has 104 valence electrons. The molecule has 0 bridgehead atoms. The summed E-state index contributed by atoms with van der Waals surface area (Å²) in [5.74, 6) is -1.00. The Kier molecular flexibility index (Phi) is 4.76. The van der Waals surface area contributed by atoms with Gasteiger partial charge in [0.05, 0.1) is 6.54 Å². The first kappa shape index (κ1) is 14.6. The van der Waals surface area contributed by atoms with E-state index in [1.807, 2.05) is 36.4 Å². The molecule has 0 aliphatic rings. The van der Waals surface area contributed by atoms with Crippen LogP contribution in [-0.2, 0) is 4.79 Å². The standard InChI is InChI=1S/C15H15NO3S/c17-14(8-16-13(9-20)15(18)19)12-7-3-5-10-4-1-2-6-11(10)12/h1-7,13,16,20H,8-9H2,(H,18,19)/t13-/m1/s1. The van der Waals surface area contributed by atoms with Crippen LogP contribution in [0, 0.1) is 0 Å². The maximum absolute atomic E-state index is 12.2. The Balaban J connectivity index is 2.18. The van der Waals surface area contributed by atoms with Crippen molar-refractivity contribution < 1.29 is 14.7 Å². The molecule has 4 nitrogen and oxygen atoms in total. The van der Waals surface area contributed by atoms with Crippen molar-refractivity contribution in [3.63, 3.8) is 0 Å². The Hall–Kier alpha value is -1.85. The fourth-order valence-corrected chi connectivity index (χ4v) is 2.29. The van der Waals surface area contributed by atoms with Crippen molar-refractivity contribution in [1.82, 2.24) is 5.32 Å². The van der Waals surface area contributed by atoms with Crippen molar-refractivity contribution >= 4 is 35.2 Å². The SMILES string of the molecule is O=C(CN[C@H](CS)C(=O)O)c1cccc2ccccc12. The van der Waals surface area contributed by atoms with Gasteiger partial charge in [0.15, 0.2) is 5.78 Å². The highest BCUT2D eigenvalue weighted by Crippen LogP contribution is 2.18. The number of hydrogen-bond acceptors (Lipinski definition) is 4. The highest BCUT2D eigenvalue weighted by atomic mass is 32.1. The molecule has 0 amide bonds. The van der Waals surface area contributed by atoms with Crippen molar-refractivity contribution in [3.8, 4) is 0 Å². The van der Waals surface area contributed by atoms with Gasteiger partial charge in [-0.2, -0.15) is 12.6 Å². The number of carbonyl (C=O) groups is 2. The zero-order valence-corrected chi connectivity index (χ0v) is 11.6. The Labute approximate surface area is 122 Å². The number of rotatable bonds is 6. The van der Waals surface area contributed by atoms with E-state index < -0.39 is 12.0 Å². The summed E-state index contributed by atoms with van der Waals surface area (Å²) < 4.78 is 0. The zero-order chi connectivity index (χ0) is 14.5. The number of carbonyl (C=O) groups excluding carboxylic acids is 1. The maximum atomic E-state index is 12.2. The van der Waals surface area contributed by atoms with E-state index in [0.29, 0.717) is 5.56 Å². The number of benzene rings is 2. The fourth-order valence-electron chi connectivity index (χ4n) is 2.01. The van der Waals surface area contributed by atoms with Gasteiger partial charge < -0.3 is 5.11 Å². The monoisotopic (exact) mass is 289 g/mol. The lowest BCUT2D eigenvalue weighted by Crippen LogP contribution is -2.41. The van der Waals surface area contributed by atoms with Gasteiger partial charge in [0.25, 0.3) is 0 Å². The Morgan fingerprint density at radius 3 is 2.55 bits per heavy atom. The topological polar surface area (TPSA) is 66.4 Å². The molecule has 0 spiro atoms. The first-order chi connectivity index (χ1) is 9.63. The molecule has 0 saturated carbocycles. The molecule has 0 saturated heterocycles. The van der Waals surface area contributed by atoms with Crippen LogP contribution in [0.5, 0.6) is 0 Å². The van der Waals surface area contributed by atoms with Gasteiger partial charge >= 0.3 is 5.97 Å². The third-order valence-electron chi connectivity index (χ3n) is 3.08. The number of thiol groups is 1. The molecule has 2 aromatic rings. The second-order valence-electron chi connectivity index (χ2n) is 4.40. The van der Waals surface area contributed by atoms with E-state index >= 15 is 0 Å². The molecule has 20 heavy (non-hydrogen) atoms. The van der Waals surface area contributed by atoms with Crippen LogP contribution in [0.1, 0.15) is 10.4 Å². The second kappa shape index (κ2) is 6.54. The van der Waals surface area contributed by atoms with Gasteiger partial charge in [0.1, 0.15) is 6.04 Å². The van der Waals surface area contributed by atoms with Crippen molar-refractivity contribution in [3.05, 3.63) is 48.0 Å². The quantitative estimate of drug-likeness (QED) is 0.562. The lowest BCUT2D eigenvalue weighted by atomic mass is 10.0. The van der Waals surface area contributed by atoms with E-state index in [1.54, 1.807) is 6.07 Å². The number of carboxylic acids is 1. The van der Waals surface area contributed by atoms with Crippen molar-refractivity contribution in [2.24, 2.45) is 0 Å². The number of carboxylic acid groups (broad SMARTS) is 1. The summed E-state index contributed by atoms with van der Waals surface area (Å²) in [7, 11) is 0. The van der Waals surface area contributed by atoms with E-state index in [9.17, 15) is 9.59 Å². The fraction of sp³-hybridized carbons (Fsp3) is 0.200. The second-order valence-corrected chi connectivity index (χ2v) is 4.77. The van der Waals surface area contributed by atoms with Crippen LogP contribution in [0.25, 0.3) is 10.8 Å². The first-order valence-electron chi connectivity index (χ1n) is 6.21. The molecule has 2 aromatic carbocycles. The number of ketones is 1. The van der Waals surface area contributed by atoms with Crippen LogP contribution in [0.3, 0.4) is 0 Å². The minimum atomic E-state index is -1.01. The third-order valence-corrected chi connectivity index (χ3v) is 3.44. The number of fused-ring (bicyclic) bond motifs is 1. The first-order valence-corrected chi connectivity index (χ1v) is 6.84. The zero-order valence-electron chi connectivity index (χ0n) is 10.7. The van der Waals surface area contributed by atoms with E-state index in [1.165, 1.54) is 0 Å². The van der Waals surface area contributed by atoms with Crippen molar-refractivity contribution in [2.75, 3.05) is 12.3 Å². The van der Waals surface area contributed by atoms with Crippen molar-refractivity contribution in [1.29, 1.82) is 0 Å². The molecule has 0 aromatic heterocycles. The molecule has 0 radical (unpaired) electrons. The van der Waals surface area contributed by atoms with Gasteiger partial charge in [-0.05, 0) is 10.8 Å². The number of nitrogens with one attached hydrogen (secondary N) is 1. The smallest absolute Gasteiger partial charge is 0.321 e. The van der Waals surface area contributed by atoms with E-state index in [0.717, 1.165) is 10.8 Å². The number of hydrogen-bond donors (Lipinski definition) is 3. The van der Waals surface area contributed by atoms with Gasteiger partial charge in [0.2, 0.25) is 0 Å². The average molecular weight is 289 g/mol. The summed E-state index contributed by atoms with van der Waals surface area (Å²) in [6.45, 7) is -0.0223. The lowest BCUT2D eigenvalue weighted by molar-refractivity contribution is -0.138. The van der Waals surface area contributed by atoms with E-state index in [4.69, 9.17) is 5.11 Å². The maximum Gasteiger partial charge on any atom is 0.321 e. The van der Waals surface area contributed by atoms with Gasteiger partial charge in [-0.1, -0.05) is 42.5 Å². The minimum absolute atomic E-state index is 0.0223. The highest BCUT2D eigenvalue weighted by molar-refractivity contribution is 7.80. The molecule has 5 heteroatoms. The van der Waals surface area contributed by atoms with Crippen LogP contribution >= 0.6 is 12.6 Å². The Morgan fingerprint density at radius 1 is 1.15 bits per heavy atom. The van der Waals surface area contributed by atoms with E-state index in [2.05, 4.69) is 17.9 Å². The molecular weight excluding hydrogens is 274 g/mol. The molecule has 2 N–H and O–H groups in total. The molecule has 0 fully saturated rings. The summed E-state index contributed by atoms with van der Waals surface area (Å²) in [6, 6.07) is 12.3. The summed E-state index contributed by atoms with van der Waals surface area (Å²) >= 11 is 3.95. The Morgan fingerprint density at radius 2 is 1.85 bits per heavy atom. The van der Waals surface area contributed by atoms with Gasteiger partial charge in [0, 0.05) is 11.3 Å². The predicted octanol–water partition coefficient (Wildman–Crippen LogP) is 2.00.